The van der Waals surface area contributed by atoms with Crippen LogP contribution in [0, 0.1) is 5.82 Å². The number of nitrogens with zero attached hydrogens (tertiary/aromatic N) is 2. The Morgan fingerprint density at radius 1 is 1.55 bits per heavy atom. The Kier molecular flexibility index (Phi) is 1.29. The minimum Gasteiger partial charge on any atom is -0.336 e. The van der Waals surface area contributed by atoms with E-state index in [0.717, 1.165) is 0 Å². The van der Waals surface area contributed by atoms with Crippen LogP contribution in [0.4, 0.5) is 4.39 Å². The summed E-state index contributed by atoms with van der Waals surface area (Å²) >= 11 is 5.37. The quantitative estimate of drug-likeness (QED) is 0.571. The van der Waals surface area contributed by atoms with E-state index < -0.39 is 5.82 Å². The fraction of sp³-hybridized carbons (Fsp3) is 0. The molecule has 0 amide bonds. The highest BCUT2D eigenvalue weighted by molar-refractivity contribution is 6.29. The summed E-state index contributed by atoms with van der Waals surface area (Å²) < 4.78 is 17.3. The molecule has 0 saturated heterocycles. The van der Waals surface area contributed by atoms with Crippen molar-refractivity contribution in [3.05, 3.63) is 23.2 Å². The molecule has 0 aliphatic heterocycles. The molecule has 3 nitrogen and oxygen atoms in total. The number of rotatable bonds is 0. The lowest BCUT2D eigenvalue weighted by Crippen LogP contribution is -1.80. The van der Waals surface area contributed by atoms with E-state index in [1.165, 1.54) is 12.3 Å². The molecule has 0 bridgehead atoms. The molecule has 0 aliphatic carbocycles. The Hall–Kier alpha value is -1.16. The van der Waals surface area contributed by atoms with Gasteiger partial charge in [-0.2, -0.15) is 4.98 Å². The van der Waals surface area contributed by atoms with Crippen molar-refractivity contribution in [2.24, 2.45) is 0 Å². The molecule has 0 aliphatic rings. The molecular weight excluding hydrogens is 171 g/mol. The third-order valence-corrected chi connectivity index (χ3v) is 1.52. The molecule has 0 unspecified atom stereocenters. The fourth-order valence-corrected chi connectivity index (χ4v) is 0.895. The molecule has 56 valence electrons. The predicted octanol–water partition coefficient (Wildman–Crippen LogP) is 2.02. The lowest BCUT2D eigenvalue weighted by Gasteiger charge is -1.89. The van der Waals surface area contributed by atoms with Gasteiger partial charge in [0.05, 0.1) is 11.6 Å². The molecule has 0 fully saturated rings. The molecule has 0 spiro atoms. The van der Waals surface area contributed by atoms with Gasteiger partial charge >= 0.3 is 0 Å². The van der Waals surface area contributed by atoms with Gasteiger partial charge in [0.15, 0.2) is 11.0 Å². The molecule has 2 aromatic heterocycles. The minimum atomic E-state index is -0.567. The van der Waals surface area contributed by atoms with Crippen molar-refractivity contribution in [1.29, 1.82) is 0 Å². The number of pyridine rings is 1. The van der Waals surface area contributed by atoms with E-state index in [1.54, 1.807) is 0 Å². The van der Waals surface area contributed by atoms with Gasteiger partial charge in [-0.25, -0.2) is 4.39 Å². The van der Waals surface area contributed by atoms with Crippen LogP contribution in [0.5, 0.6) is 0 Å². The third-order valence-electron chi connectivity index (χ3n) is 1.26. The van der Waals surface area contributed by atoms with Gasteiger partial charge in [-0.15, -0.1) is 0 Å². The summed E-state index contributed by atoms with van der Waals surface area (Å²) in [5, 5.41) is 3.73. The van der Waals surface area contributed by atoms with Gasteiger partial charge in [0.1, 0.15) is 0 Å². The normalized spacial score (nSPS) is 10.7. The lowest BCUT2D eigenvalue weighted by molar-refractivity contribution is 0.448. The summed E-state index contributed by atoms with van der Waals surface area (Å²) in [5.74, 6) is -0.567. The van der Waals surface area contributed by atoms with Crippen LogP contribution in [-0.2, 0) is 0 Å². The first kappa shape index (κ1) is 6.54. The van der Waals surface area contributed by atoms with E-state index in [9.17, 15) is 4.39 Å². The Bertz CT molecular complexity index is 364. The second kappa shape index (κ2) is 2.17. The second-order valence-corrected chi connectivity index (χ2v) is 2.34. The first-order valence-electron chi connectivity index (χ1n) is 2.84. The summed E-state index contributed by atoms with van der Waals surface area (Å²) in [4.78, 5) is 3.60. The van der Waals surface area contributed by atoms with Crippen molar-refractivity contribution in [3.63, 3.8) is 0 Å². The predicted molar refractivity (Wildman–Crippen MR) is 36.8 cm³/mol. The molecule has 0 N–H and O–H groups in total. The average Bonchev–Trinajstić information content (AvgIpc) is 2.36. The maximum absolute atomic E-state index is 12.7. The van der Waals surface area contributed by atoms with Crippen LogP contribution in [-0.4, -0.2) is 10.1 Å². The molecule has 11 heavy (non-hydrogen) atoms. The largest absolute Gasteiger partial charge is 0.336 e. The van der Waals surface area contributed by atoms with E-state index in [2.05, 4.69) is 14.7 Å². The monoisotopic (exact) mass is 172 g/mol. The number of hydrogen-bond donors (Lipinski definition) is 0. The van der Waals surface area contributed by atoms with Gasteiger partial charge in [0.25, 0.3) is 5.71 Å². The molecule has 2 aromatic rings. The third kappa shape index (κ3) is 0.952. The number of fused-ring (bicyclic) bond motifs is 1. The van der Waals surface area contributed by atoms with E-state index in [1.807, 2.05) is 0 Å². The maximum atomic E-state index is 12.7. The van der Waals surface area contributed by atoms with Crippen molar-refractivity contribution >= 4 is 22.7 Å². The van der Waals surface area contributed by atoms with Crippen molar-refractivity contribution in [1.82, 2.24) is 10.1 Å². The SMILES string of the molecule is Fc1cc2cnoc2nc1Cl. The number of halogens is 2. The van der Waals surface area contributed by atoms with E-state index in [0.29, 0.717) is 5.39 Å². The molecule has 0 saturated carbocycles. The molecule has 0 radical (unpaired) electrons. The van der Waals surface area contributed by atoms with Crippen LogP contribution >= 0.6 is 11.6 Å². The Morgan fingerprint density at radius 3 is 3.18 bits per heavy atom. The van der Waals surface area contributed by atoms with Crippen LogP contribution in [0.15, 0.2) is 16.8 Å². The number of hydrogen-bond acceptors (Lipinski definition) is 3. The van der Waals surface area contributed by atoms with Crippen molar-refractivity contribution < 1.29 is 8.91 Å². The zero-order valence-corrected chi connectivity index (χ0v) is 5.97. The lowest BCUT2D eigenvalue weighted by atomic mass is 10.4. The van der Waals surface area contributed by atoms with Crippen LogP contribution in [0.25, 0.3) is 11.1 Å². The van der Waals surface area contributed by atoms with Crippen LogP contribution in [0.1, 0.15) is 0 Å². The minimum absolute atomic E-state index is 0.200. The van der Waals surface area contributed by atoms with E-state index in [4.69, 9.17) is 11.6 Å². The Balaban J connectivity index is 2.86. The topological polar surface area (TPSA) is 38.9 Å². The van der Waals surface area contributed by atoms with Crippen LogP contribution in [0.3, 0.4) is 0 Å². The van der Waals surface area contributed by atoms with Gasteiger partial charge < -0.3 is 4.52 Å². The molecule has 0 aromatic carbocycles. The van der Waals surface area contributed by atoms with Crippen LogP contribution < -0.4 is 0 Å². The van der Waals surface area contributed by atoms with Gasteiger partial charge in [0.2, 0.25) is 0 Å². The van der Waals surface area contributed by atoms with E-state index in [-0.39, 0.29) is 10.9 Å². The van der Waals surface area contributed by atoms with Gasteiger partial charge in [-0.05, 0) is 6.07 Å². The summed E-state index contributed by atoms with van der Waals surface area (Å²) in [6.07, 6.45) is 1.38. The highest BCUT2D eigenvalue weighted by Gasteiger charge is 2.06. The van der Waals surface area contributed by atoms with Crippen molar-refractivity contribution in [2.75, 3.05) is 0 Å². The fourth-order valence-electron chi connectivity index (χ4n) is 0.764. The van der Waals surface area contributed by atoms with Crippen molar-refractivity contribution in [2.45, 2.75) is 0 Å². The molecule has 2 heterocycles. The summed E-state index contributed by atoms with van der Waals surface area (Å²) in [7, 11) is 0. The molecule has 5 heteroatoms. The molecule has 2 rings (SSSR count). The first-order valence-corrected chi connectivity index (χ1v) is 3.21. The molecule has 0 atom stereocenters. The van der Waals surface area contributed by atoms with Crippen molar-refractivity contribution in [3.8, 4) is 0 Å². The summed E-state index contributed by atoms with van der Waals surface area (Å²) in [5.41, 5.74) is 0.247. The zero-order valence-electron chi connectivity index (χ0n) is 5.21. The zero-order chi connectivity index (χ0) is 7.84. The Labute approximate surface area is 65.8 Å². The smallest absolute Gasteiger partial charge is 0.259 e. The maximum Gasteiger partial charge on any atom is 0.259 e. The van der Waals surface area contributed by atoms with E-state index >= 15 is 0 Å². The number of aromatic nitrogens is 2. The second-order valence-electron chi connectivity index (χ2n) is 1.98. The van der Waals surface area contributed by atoms with Gasteiger partial charge in [0, 0.05) is 0 Å². The Morgan fingerprint density at radius 2 is 2.36 bits per heavy atom. The highest BCUT2D eigenvalue weighted by Crippen LogP contribution is 2.17. The summed E-state index contributed by atoms with van der Waals surface area (Å²) in [6, 6.07) is 1.22. The van der Waals surface area contributed by atoms with Gasteiger partial charge in [-0.1, -0.05) is 16.8 Å². The first-order chi connectivity index (χ1) is 5.27. The van der Waals surface area contributed by atoms with Crippen LogP contribution in [0.2, 0.25) is 5.15 Å². The standard InChI is InChI=1S/C6H2ClFN2O/c7-5-4(8)1-3-2-9-11-6(3)10-5/h1-2H. The average molecular weight is 173 g/mol. The molecular formula is C6H2ClFN2O. The van der Waals surface area contributed by atoms with Gasteiger partial charge in [-0.3, -0.25) is 0 Å². The summed E-state index contributed by atoms with van der Waals surface area (Å²) in [6.45, 7) is 0. The highest BCUT2D eigenvalue weighted by atomic mass is 35.5.